The Balaban J connectivity index is 1.55. The van der Waals surface area contributed by atoms with Crippen molar-refractivity contribution in [1.82, 2.24) is 10.6 Å². The Hall–Kier alpha value is -2.82. The van der Waals surface area contributed by atoms with Crippen LogP contribution in [0.5, 0.6) is 0 Å². The molecule has 2 aromatic carbocycles. The third-order valence-corrected chi connectivity index (χ3v) is 5.49. The molecule has 0 atom stereocenters. The van der Waals surface area contributed by atoms with Crippen molar-refractivity contribution in [2.75, 3.05) is 18.0 Å². The van der Waals surface area contributed by atoms with Gasteiger partial charge in [-0.1, -0.05) is 30.3 Å². The maximum atomic E-state index is 12.9. The number of carbonyl (C=O) groups is 2. The summed E-state index contributed by atoms with van der Waals surface area (Å²) in [6, 6.07) is 15.7. The Bertz CT molecular complexity index is 844. The number of hydrogen-bond donors (Lipinski definition) is 2. The molecule has 5 nitrogen and oxygen atoms in total. The van der Waals surface area contributed by atoms with Crippen molar-refractivity contribution in [3.05, 3.63) is 65.2 Å². The monoisotopic (exact) mass is 349 g/mol. The molecule has 3 amide bonds. The Morgan fingerprint density at radius 2 is 1.92 bits per heavy atom. The molecule has 1 heterocycles. The summed E-state index contributed by atoms with van der Waals surface area (Å²) in [4.78, 5) is 26.5. The lowest BCUT2D eigenvalue weighted by molar-refractivity contribution is 0.0823. The van der Waals surface area contributed by atoms with E-state index < -0.39 is 0 Å². The molecule has 2 aromatic rings. The van der Waals surface area contributed by atoms with Gasteiger partial charge in [0.2, 0.25) is 0 Å². The Labute approximate surface area is 153 Å². The summed E-state index contributed by atoms with van der Waals surface area (Å²) in [5.74, 6) is -0.0610. The highest BCUT2D eigenvalue weighted by Gasteiger charge is 2.40. The van der Waals surface area contributed by atoms with Crippen LogP contribution in [0.3, 0.4) is 0 Å². The van der Waals surface area contributed by atoms with Gasteiger partial charge in [0.05, 0.1) is 5.54 Å². The molecule has 1 aliphatic heterocycles. The van der Waals surface area contributed by atoms with Gasteiger partial charge in [0.15, 0.2) is 0 Å². The quantitative estimate of drug-likeness (QED) is 0.889. The van der Waals surface area contributed by atoms with Crippen molar-refractivity contribution in [3.63, 3.8) is 0 Å². The molecule has 0 radical (unpaired) electrons. The summed E-state index contributed by atoms with van der Waals surface area (Å²) in [6.07, 6.45) is 3.05. The third-order valence-electron chi connectivity index (χ3n) is 5.49. The molecular formula is C21H23N3O2. The fourth-order valence-corrected chi connectivity index (χ4v) is 3.86. The molecular weight excluding hydrogens is 326 g/mol. The largest absolute Gasteiger partial charge is 0.343 e. The van der Waals surface area contributed by atoms with Crippen LogP contribution in [0.2, 0.25) is 0 Å². The van der Waals surface area contributed by atoms with Crippen LogP contribution in [-0.4, -0.2) is 25.0 Å². The predicted octanol–water partition coefficient (Wildman–Crippen LogP) is 3.33. The van der Waals surface area contributed by atoms with Gasteiger partial charge in [-0.2, -0.15) is 0 Å². The molecule has 0 aromatic heterocycles. The van der Waals surface area contributed by atoms with E-state index in [2.05, 4.69) is 22.8 Å². The minimum Gasteiger partial charge on any atom is -0.343 e. The molecule has 2 fully saturated rings. The summed E-state index contributed by atoms with van der Waals surface area (Å²) in [5, 5.41) is 6.06. The van der Waals surface area contributed by atoms with Gasteiger partial charge in [-0.3, -0.25) is 9.69 Å². The van der Waals surface area contributed by atoms with E-state index in [0.717, 1.165) is 30.5 Å². The first kappa shape index (κ1) is 16.6. The average Bonchev–Trinajstić information content (AvgIpc) is 3.04. The second-order valence-electron chi connectivity index (χ2n) is 7.14. The first-order chi connectivity index (χ1) is 12.6. The van der Waals surface area contributed by atoms with E-state index in [1.165, 1.54) is 5.56 Å². The zero-order chi connectivity index (χ0) is 18.1. The fraction of sp³-hybridized carbons (Fsp3) is 0.333. The number of hydrogen-bond acceptors (Lipinski definition) is 2. The Morgan fingerprint density at radius 1 is 1.15 bits per heavy atom. The Kier molecular flexibility index (Phi) is 4.15. The van der Waals surface area contributed by atoms with E-state index in [1.807, 2.05) is 37.3 Å². The first-order valence-electron chi connectivity index (χ1n) is 9.13. The van der Waals surface area contributed by atoms with Gasteiger partial charge >= 0.3 is 6.03 Å². The first-order valence-corrected chi connectivity index (χ1v) is 9.13. The van der Waals surface area contributed by atoms with Gasteiger partial charge in [-0.25, -0.2) is 4.79 Å². The predicted molar refractivity (Wildman–Crippen MR) is 101 cm³/mol. The van der Waals surface area contributed by atoms with Crippen LogP contribution < -0.4 is 15.5 Å². The van der Waals surface area contributed by atoms with Crippen LogP contribution in [0.4, 0.5) is 10.5 Å². The number of aryl methyl sites for hydroxylation is 1. The minimum absolute atomic E-state index is 0.0610. The number of amides is 3. The van der Waals surface area contributed by atoms with Crippen LogP contribution in [0.25, 0.3) is 0 Å². The van der Waals surface area contributed by atoms with Crippen molar-refractivity contribution < 1.29 is 9.59 Å². The van der Waals surface area contributed by atoms with E-state index in [1.54, 1.807) is 11.0 Å². The van der Waals surface area contributed by atoms with Crippen LogP contribution in [0, 0.1) is 6.92 Å². The van der Waals surface area contributed by atoms with E-state index in [9.17, 15) is 9.59 Å². The van der Waals surface area contributed by atoms with E-state index in [0.29, 0.717) is 18.7 Å². The number of nitrogens with one attached hydrogen (secondary N) is 2. The zero-order valence-electron chi connectivity index (χ0n) is 14.9. The highest BCUT2D eigenvalue weighted by atomic mass is 16.2. The fourth-order valence-electron chi connectivity index (χ4n) is 3.86. The minimum atomic E-state index is -0.250. The molecule has 1 saturated carbocycles. The summed E-state index contributed by atoms with van der Waals surface area (Å²) >= 11 is 0. The summed E-state index contributed by atoms with van der Waals surface area (Å²) < 4.78 is 0. The van der Waals surface area contributed by atoms with Crippen LogP contribution >= 0.6 is 0 Å². The van der Waals surface area contributed by atoms with Gasteiger partial charge in [0.1, 0.15) is 0 Å². The number of benzene rings is 2. The van der Waals surface area contributed by atoms with Crippen molar-refractivity contribution in [2.24, 2.45) is 0 Å². The standard InChI is InChI=1S/C21H23N3O2/c1-15-14-16(8-9-18(15)24-13-12-22-20(24)26)19(25)23-21(10-5-11-21)17-6-3-2-4-7-17/h2-4,6-9,14H,5,10-13H2,1H3,(H,22,26)(H,23,25). The number of carbonyl (C=O) groups excluding carboxylic acids is 2. The van der Waals surface area contributed by atoms with E-state index in [-0.39, 0.29) is 17.5 Å². The SMILES string of the molecule is Cc1cc(C(=O)NC2(c3ccccc3)CCC2)ccc1N1CCNC1=O. The third kappa shape index (κ3) is 2.83. The molecule has 5 heteroatoms. The molecule has 2 N–H and O–H groups in total. The topological polar surface area (TPSA) is 61.4 Å². The number of anilines is 1. The summed E-state index contributed by atoms with van der Waals surface area (Å²) in [6.45, 7) is 3.25. The van der Waals surface area contributed by atoms with E-state index in [4.69, 9.17) is 0 Å². The van der Waals surface area contributed by atoms with Crippen molar-refractivity contribution in [2.45, 2.75) is 31.7 Å². The number of nitrogens with zero attached hydrogens (tertiary/aromatic N) is 1. The molecule has 0 bridgehead atoms. The summed E-state index contributed by atoms with van der Waals surface area (Å²) in [5.41, 5.74) is 3.34. The smallest absolute Gasteiger partial charge is 0.322 e. The maximum absolute atomic E-state index is 12.9. The van der Waals surface area contributed by atoms with Gasteiger partial charge in [0, 0.05) is 24.3 Å². The zero-order valence-corrected chi connectivity index (χ0v) is 14.9. The molecule has 26 heavy (non-hydrogen) atoms. The normalized spacial score (nSPS) is 18.2. The van der Waals surface area contributed by atoms with Gasteiger partial charge in [0.25, 0.3) is 5.91 Å². The highest BCUT2D eigenvalue weighted by molar-refractivity contribution is 5.98. The molecule has 134 valence electrons. The summed E-state index contributed by atoms with van der Waals surface area (Å²) in [7, 11) is 0. The maximum Gasteiger partial charge on any atom is 0.322 e. The molecule has 0 spiro atoms. The lowest BCUT2D eigenvalue weighted by Crippen LogP contribution is -2.50. The number of urea groups is 1. The molecule has 0 unspecified atom stereocenters. The van der Waals surface area contributed by atoms with Crippen LogP contribution in [0.15, 0.2) is 48.5 Å². The molecule has 4 rings (SSSR count). The van der Waals surface area contributed by atoms with Crippen LogP contribution in [0.1, 0.15) is 40.7 Å². The van der Waals surface area contributed by atoms with Crippen molar-refractivity contribution >= 4 is 17.6 Å². The Morgan fingerprint density at radius 3 is 2.50 bits per heavy atom. The van der Waals surface area contributed by atoms with Gasteiger partial charge in [-0.05, 0) is 55.5 Å². The second-order valence-corrected chi connectivity index (χ2v) is 7.14. The highest BCUT2D eigenvalue weighted by Crippen LogP contribution is 2.41. The van der Waals surface area contributed by atoms with Gasteiger partial charge < -0.3 is 10.6 Å². The van der Waals surface area contributed by atoms with Crippen molar-refractivity contribution in [1.29, 1.82) is 0 Å². The van der Waals surface area contributed by atoms with Crippen molar-refractivity contribution in [3.8, 4) is 0 Å². The lowest BCUT2D eigenvalue weighted by atomic mass is 9.71. The van der Waals surface area contributed by atoms with Gasteiger partial charge in [-0.15, -0.1) is 0 Å². The lowest BCUT2D eigenvalue weighted by Gasteiger charge is -2.43. The molecule has 2 aliphatic rings. The molecule has 1 aliphatic carbocycles. The van der Waals surface area contributed by atoms with E-state index >= 15 is 0 Å². The second kappa shape index (κ2) is 6.48. The average molecular weight is 349 g/mol. The number of rotatable bonds is 4. The van der Waals surface area contributed by atoms with Crippen LogP contribution in [-0.2, 0) is 5.54 Å². The molecule has 1 saturated heterocycles.